The summed E-state index contributed by atoms with van der Waals surface area (Å²) in [6, 6.07) is 6.19. The highest BCUT2D eigenvalue weighted by Crippen LogP contribution is 2.46. The Bertz CT molecular complexity index is 440. The molecule has 0 bridgehead atoms. The number of halogens is 1. The molecule has 0 radical (unpaired) electrons. The van der Waals surface area contributed by atoms with E-state index in [9.17, 15) is 9.18 Å². The van der Waals surface area contributed by atoms with Crippen LogP contribution in [0, 0.1) is 11.2 Å². The molecule has 1 aromatic carbocycles. The van der Waals surface area contributed by atoms with Crippen LogP contribution in [0.5, 0.6) is 0 Å². The van der Waals surface area contributed by atoms with Crippen LogP contribution in [-0.2, 0) is 4.79 Å². The van der Waals surface area contributed by atoms with Crippen molar-refractivity contribution in [2.45, 2.75) is 25.8 Å². The zero-order valence-corrected chi connectivity index (χ0v) is 10.8. The lowest BCUT2D eigenvalue weighted by atomic mass is 10.0. The van der Waals surface area contributed by atoms with Crippen molar-refractivity contribution in [3.05, 3.63) is 35.6 Å². The molecule has 2 N–H and O–H groups in total. The summed E-state index contributed by atoms with van der Waals surface area (Å²) >= 11 is 0. The number of nitrogens with zero attached hydrogens (tertiary/aromatic N) is 1. The molecule has 0 heterocycles. The Kier molecular flexibility index (Phi) is 3.39. The van der Waals surface area contributed by atoms with Gasteiger partial charge in [-0.2, -0.15) is 0 Å². The predicted octanol–water partition coefficient (Wildman–Crippen LogP) is 2.08. The van der Waals surface area contributed by atoms with Gasteiger partial charge in [-0.05, 0) is 37.5 Å². The lowest BCUT2D eigenvalue weighted by Crippen LogP contribution is -2.39. The SMILES string of the molecule is CC(c1ccc(F)cc1)N(C)C(=O)C1(CN)CC1. The number of rotatable bonds is 4. The number of carbonyl (C=O) groups is 1. The van der Waals surface area contributed by atoms with E-state index in [2.05, 4.69) is 0 Å². The van der Waals surface area contributed by atoms with E-state index >= 15 is 0 Å². The molecular weight excluding hydrogens is 231 g/mol. The van der Waals surface area contributed by atoms with Crippen LogP contribution in [0.3, 0.4) is 0 Å². The van der Waals surface area contributed by atoms with E-state index in [1.54, 1.807) is 24.1 Å². The topological polar surface area (TPSA) is 46.3 Å². The smallest absolute Gasteiger partial charge is 0.230 e. The fraction of sp³-hybridized carbons (Fsp3) is 0.500. The van der Waals surface area contributed by atoms with Crippen LogP contribution in [0.4, 0.5) is 4.39 Å². The molecule has 0 aromatic heterocycles. The Morgan fingerprint density at radius 2 is 2.00 bits per heavy atom. The first-order valence-corrected chi connectivity index (χ1v) is 6.23. The zero-order valence-electron chi connectivity index (χ0n) is 10.8. The quantitative estimate of drug-likeness (QED) is 0.889. The van der Waals surface area contributed by atoms with Gasteiger partial charge in [-0.25, -0.2) is 4.39 Å². The van der Waals surface area contributed by atoms with E-state index in [0.29, 0.717) is 6.54 Å². The molecular formula is C14H19FN2O. The summed E-state index contributed by atoms with van der Waals surface area (Å²) in [5.41, 5.74) is 6.27. The molecule has 1 aliphatic rings. The fourth-order valence-electron chi connectivity index (χ4n) is 2.17. The number of benzene rings is 1. The average Bonchev–Trinajstić information content (AvgIpc) is 3.18. The maximum atomic E-state index is 12.9. The standard InChI is InChI=1S/C14H19FN2O/c1-10(11-3-5-12(15)6-4-11)17(2)13(18)14(9-16)7-8-14/h3-6,10H,7-9,16H2,1-2H3. The molecule has 0 aliphatic heterocycles. The monoisotopic (exact) mass is 250 g/mol. The van der Waals surface area contributed by atoms with E-state index in [4.69, 9.17) is 5.73 Å². The summed E-state index contributed by atoms with van der Waals surface area (Å²) in [5.74, 6) is -0.164. The molecule has 1 aromatic rings. The zero-order chi connectivity index (χ0) is 13.3. The highest BCUT2D eigenvalue weighted by Gasteiger charge is 2.50. The Morgan fingerprint density at radius 1 is 1.44 bits per heavy atom. The Labute approximate surface area is 107 Å². The highest BCUT2D eigenvalue weighted by molar-refractivity contribution is 5.85. The van der Waals surface area contributed by atoms with E-state index in [1.807, 2.05) is 6.92 Å². The van der Waals surface area contributed by atoms with Crippen molar-refractivity contribution in [2.24, 2.45) is 11.1 Å². The largest absolute Gasteiger partial charge is 0.338 e. The minimum absolute atomic E-state index is 0.0675. The molecule has 0 spiro atoms. The van der Waals surface area contributed by atoms with Crippen LogP contribution >= 0.6 is 0 Å². The van der Waals surface area contributed by atoms with E-state index in [-0.39, 0.29) is 23.2 Å². The van der Waals surface area contributed by atoms with Crippen molar-refractivity contribution in [2.75, 3.05) is 13.6 Å². The normalized spacial score (nSPS) is 18.2. The summed E-state index contributed by atoms with van der Waals surface area (Å²) in [4.78, 5) is 14.0. The first-order valence-electron chi connectivity index (χ1n) is 6.23. The lowest BCUT2D eigenvalue weighted by Gasteiger charge is -2.29. The first kappa shape index (κ1) is 13.0. The van der Waals surface area contributed by atoms with Gasteiger partial charge in [-0.1, -0.05) is 12.1 Å². The molecule has 2 rings (SSSR count). The van der Waals surface area contributed by atoms with Gasteiger partial charge in [0.25, 0.3) is 0 Å². The second kappa shape index (κ2) is 4.69. The predicted molar refractivity (Wildman–Crippen MR) is 68.3 cm³/mol. The maximum absolute atomic E-state index is 12.9. The van der Waals surface area contributed by atoms with Gasteiger partial charge in [0.05, 0.1) is 11.5 Å². The van der Waals surface area contributed by atoms with Gasteiger partial charge in [-0.3, -0.25) is 4.79 Å². The molecule has 98 valence electrons. The third-order valence-electron chi connectivity index (χ3n) is 3.95. The molecule has 4 heteroatoms. The van der Waals surface area contributed by atoms with Crippen molar-refractivity contribution < 1.29 is 9.18 Å². The first-order chi connectivity index (χ1) is 8.50. The van der Waals surface area contributed by atoms with E-state index < -0.39 is 0 Å². The average molecular weight is 250 g/mol. The maximum Gasteiger partial charge on any atom is 0.230 e. The third-order valence-corrected chi connectivity index (χ3v) is 3.95. The second-order valence-corrected chi connectivity index (χ2v) is 5.13. The van der Waals surface area contributed by atoms with Crippen LogP contribution in [0.1, 0.15) is 31.4 Å². The number of hydrogen-bond donors (Lipinski definition) is 1. The van der Waals surface area contributed by atoms with Gasteiger partial charge in [-0.15, -0.1) is 0 Å². The molecule has 1 fully saturated rings. The fourth-order valence-corrected chi connectivity index (χ4v) is 2.17. The molecule has 1 unspecified atom stereocenters. The Morgan fingerprint density at radius 3 is 2.44 bits per heavy atom. The molecule has 1 amide bonds. The number of hydrogen-bond acceptors (Lipinski definition) is 2. The number of carbonyl (C=O) groups excluding carboxylic acids is 1. The van der Waals surface area contributed by atoms with Crippen molar-refractivity contribution in [3.63, 3.8) is 0 Å². The minimum Gasteiger partial charge on any atom is -0.338 e. The number of amides is 1. The Hall–Kier alpha value is -1.42. The van der Waals surface area contributed by atoms with Gasteiger partial charge in [0.2, 0.25) is 5.91 Å². The van der Waals surface area contributed by atoms with Gasteiger partial charge < -0.3 is 10.6 Å². The van der Waals surface area contributed by atoms with Gasteiger partial charge in [0, 0.05) is 13.6 Å². The summed E-state index contributed by atoms with van der Waals surface area (Å²) in [5, 5.41) is 0. The van der Waals surface area contributed by atoms with Crippen LogP contribution in [0.25, 0.3) is 0 Å². The van der Waals surface area contributed by atoms with E-state index in [0.717, 1.165) is 18.4 Å². The van der Waals surface area contributed by atoms with Gasteiger partial charge >= 0.3 is 0 Å². The summed E-state index contributed by atoms with van der Waals surface area (Å²) in [7, 11) is 1.78. The molecule has 18 heavy (non-hydrogen) atoms. The second-order valence-electron chi connectivity index (χ2n) is 5.13. The molecule has 1 atom stereocenters. The van der Waals surface area contributed by atoms with Gasteiger partial charge in [0.1, 0.15) is 5.82 Å². The van der Waals surface area contributed by atoms with Crippen molar-refractivity contribution in [1.82, 2.24) is 4.90 Å². The molecule has 0 saturated heterocycles. The van der Waals surface area contributed by atoms with Gasteiger partial charge in [0.15, 0.2) is 0 Å². The van der Waals surface area contributed by atoms with Crippen LogP contribution in [-0.4, -0.2) is 24.4 Å². The van der Waals surface area contributed by atoms with Crippen LogP contribution in [0.2, 0.25) is 0 Å². The van der Waals surface area contributed by atoms with Crippen molar-refractivity contribution >= 4 is 5.91 Å². The summed E-state index contributed by atoms with van der Waals surface area (Å²) in [6.07, 6.45) is 1.76. The number of nitrogens with two attached hydrogens (primary N) is 1. The van der Waals surface area contributed by atoms with Crippen LogP contribution in [0.15, 0.2) is 24.3 Å². The third kappa shape index (κ3) is 2.25. The molecule has 1 aliphatic carbocycles. The highest BCUT2D eigenvalue weighted by atomic mass is 19.1. The summed E-state index contributed by atoms with van der Waals surface area (Å²) in [6.45, 7) is 2.35. The molecule has 3 nitrogen and oxygen atoms in total. The van der Waals surface area contributed by atoms with Crippen molar-refractivity contribution in [1.29, 1.82) is 0 Å². The lowest BCUT2D eigenvalue weighted by molar-refractivity contribution is -0.137. The Balaban J connectivity index is 2.11. The van der Waals surface area contributed by atoms with E-state index in [1.165, 1.54) is 12.1 Å². The minimum atomic E-state index is -0.330. The summed E-state index contributed by atoms with van der Waals surface area (Å²) < 4.78 is 12.9. The van der Waals surface area contributed by atoms with Crippen molar-refractivity contribution in [3.8, 4) is 0 Å². The molecule has 1 saturated carbocycles. The van der Waals surface area contributed by atoms with Crippen LogP contribution < -0.4 is 5.73 Å².